The summed E-state index contributed by atoms with van der Waals surface area (Å²) >= 11 is 0. The van der Waals surface area contributed by atoms with Crippen LogP contribution in [-0.4, -0.2) is 76.6 Å². The van der Waals surface area contributed by atoms with Crippen molar-refractivity contribution in [2.24, 2.45) is 5.92 Å². The fourth-order valence-electron chi connectivity index (χ4n) is 6.92. The molecule has 8 heteroatoms. The Morgan fingerprint density at radius 2 is 1.86 bits per heavy atom. The van der Waals surface area contributed by atoms with Gasteiger partial charge in [-0.1, -0.05) is 24.3 Å². The van der Waals surface area contributed by atoms with Gasteiger partial charge in [0.05, 0.1) is 6.04 Å². The molecule has 0 bridgehead atoms. The zero-order valence-electron chi connectivity index (χ0n) is 20.7. The zero-order chi connectivity index (χ0) is 24.7. The van der Waals surface area contributed by atoms with Gasteiger partial charge in [-0.2, -0.15) is 0 Å². The highest BCUT2D eigenvalue weighted by Gasteiger charge is 2.50. The van der Waals surface area contributed by atoms with Gasteiger partial charge in [-0.3, -0.25) is 9.59 Å². The molecule has 37 heavy (non-hydrogen) atoms. The molecule has 3 atom stereocenters. The van der Waals surface area contributed by atoms with Gasteiger partial charge in [0.25, 0.3) is 0 Å². The van der Waals surface area contributed by atoms with Crippen LogP contribution in [0.15, 0.2) is 42.5 Å². The third kappa shape index (κ3) is 3.38. The number of hydrogen-bond donors (Lipinski definition) is 1. The summed E-state index contributed by atoms with van der Waals surface area (Å²) in [6.07, 6.45) is 4.13. The molecule has 0 unspecified atom stereocenters. The van der Waals surface area contributed by atoms with Crippen molar-refractivity contribution in [2.45, 2.75) is 43.8 Å². The van der Waals surface area contributed by atoms with Crippen LogP contribution in [0.3, 0.4) is 0 Å². The molecule has 2 saturated heterocycles. The Bertz CT molecular complexity index is 1430. The number of carbonyl (C=O) groups excluding carboxylic acids is 2. The van der Waals surface area contributed by atoms with E-state index in [-0.39, 0.29) is 37.2 Å². The van der Waals surface area contributed by atoms with E-state index in [0.717, 1.165) is 59.7 Å². The summed E-state index contributed by atoms with van der Waals surface area (Å²) in [5.41, 5.74) is 4.07. The van der Waals surface area contributed by atoms with Crippen molar-refractivity contribution >= 4 is 22.7 Å². The number of aromatic nitrogens is 1. The summed E-state index contributed by atoms with van der Waals surface area (Å²) in [5.74, 6) is 2.30. The van der Waals surface area contributed by atoms with E-state index in [1.54, 1.807) is 0 Å². The summed E-state index contributed by atoms with van der Waals surface area (Å²) in [4.78, 5) is 37.8. The first-order valence-corrected chi connectivity index (χ1v) is 13.5. The third-order valence-corrected chi connectivity index (χ3v) is 8.91. The molecule has 3 aromatic rings. The number of aromatic amines is 1. The minimum absolute atomic E-state index is 0.0113. The van der Waals surface area contributed by atoms with Crippen LogP contribution in [0.2, 0.25) is 0 Å². The number of amides is 2. The third-order valence-electron chi connectivity index (χ3n) is 8.91. The van der Waals surface area contributed by atoms with Crippen molar-refractivity contribution in [3.05, 3.63) is 59.3 Å². The molecule has 5 heterocycles. The van der Waals surface area contributed by atoms with Crippen molar-refractivity contribution in [3.8, 4) is 11.5 Å². The molecule has 190 valence electrons. The van der Waals surface area contributed by atoms with E-state index in [1.807, 2.05) is 40.1 Å². The largest absolute Gasteiger partial charge is 0.454 e. The van der Waals surface area contributed by atoms with E-state index in [4.69, 9.17) is 9.47 Å². The number of likely N-dealkylation sites (tertiary alicyclic amines) is 1. The normalized spacial score (nSPS) is 27.2. The number of carbonyl (C=O) groups is 2. The van der Waals surface area contributed by atoms with Gasteiger partial charge < -0.3 is 29.2 Å². The van der Waals surface area contributed by atoms with E-state index < -0.39 is 6.04 Å². The number of H-pyrrole nitrogens is 1. The van der Waals surface area contributed by atoms with E-state index >= 15 is 0 Å². The van der Waals surface area contributed by atoms with Gasteiger partial charge in [-0.05, 0) is 54.5 Å². The Balaban J connectivity index is 1.19. The number of nitrogens with one attached hydrogen (secondary N) is 1. The second kappa shape index (κ2) is 7.99. The van der Waals surface area contributed by atoms with Crippen molar-refractivity contribution < 1.29 is 19.1 Å². The van der Waals surface area contributed by atoms with Gasteiger partial charge in [0.2, 0.25) is 18.6 Å². The predicted molar refractivity (Wildman–Crippen MR) is 136 cm³/mol. The fourth-order valence-corrected chi connectivity index (χ4v) is 6.92. The Labute approximate surface area is 215 Å². The molecule has 5 aliphatic rings. The number of fused-ring (bicyclic) bond motifs is 5. The van der Waals surface area contributed by atoms with E-state index in [2.05, 4.69) is 22.0 Å². The minimum Gasteiger partial charge on any atom is -0.454 e. The molecule has 1 aliphatic carbocycles. The number of para-hydroxylation sites is 1. The van der Waals surface area contributed by atoms with Crippen molar-refractivity contribution in [1.82, 2.24) is 19.7 Å². The Kier molecular flexibility index (Phi) is 4.65. The van der Waals surface area contributed by atoms with Crippen LogP contribution in [0.5, 0.6) is 11.5 Å². The maximum Gasteiger partial charge on any atom is 0.246 e. The molecule has 1 N–H and O–H groups in total. The van der Waals surface area contributed by atoms with Gasteiger partial charge in [0.1, 0.15) is 12.6 Å². The minimum atomic E-state index is -0.513. The molecule has 8 nitrogen and oxygen atoms in total. The lowest BCUT2D eigenvalue weighted by Crippen LogP contribution is -2.65. The molecule has 0 spiro atoms. The first-order chi connectivity index (χ1) is 18.1. The standard InChI is InChI=1S/C29H30N4O4/c34-26-15-32(19-9-10-31(14-19)13-17-5-6-17)29(35)23-12-21-20-3-1-2-4-22(20)30-27(21)28(33(23)26)18-7-8-24-25(11-18)37-16-36-24/h1-4,7-8,11,17,19,23,28,30H,5-6,9-10,12-16H2/t19-,23-,28-/m1/s1. The smallest absolute Gasteiger partial charge is 0.246 e. The van der Waals surface area contributed by atoms with Gasteiger partial charge >= 0.3 is 0 Å². The van der Waals surface area contributed by atoms with Crippen LogP contribution in [-0.2, 0) is 16.0 Å². The van der Waals surface area contributed by atoms with Crippen molar-refractivity contribution in [1.29, 1.82) is 0 Å². The molecule has 1 saturated carbocycles. The second-order valence-corrected chi connectivity index (χ2v) is 11.2. The first-order valence-electron chi connectivity index (χ1n) is 13.5. The molecule has 8 rings (SSSR count). The van der Waals surface area contributed by atoms with Gasteiger partial charge in [-0.15, -0.1) is 0 Å². The maximum absolute atomic E-state index is 14.1. The van der Waals surface area contributed by atoms with Gasteiger partial charge in [-0.25, -0.2) is 0 Å². The predicted octanol–water partition coefficient (Wildman–Crippen LogP) is 3.07. The monoisotopic (exact) mass is 498 g/mol. The summed E-state index contributed by atoms with van der Waals surface area (Å²) in [6, 6.07) is 13.3. The molecular formula is C29H30N4O4. The lowest BCUT2D eigenvalue weighted by Gasteiger charge is -2.48. The summed E-state index contributed by atoms with van der Waals surface area (Å²) in [5, 5.41) is 1.12. The molecule has 3 fully saturated rings. The quantitative estimate of drug-likeness (QED) is 0.598. The van der Waals surface area contributed by atoms with Gasteiger partial charge in [0.15, 0.2) is 11.5 Å². The highest BCUT2D eigenvalue weighted by Crippen LogP contribution is 2.45. The number of rotatable bonds is 4. The van der Waals surface area contributed by atoms with Crippen molar-refractivity contribution in [2.75, 3.05) is 33.0 Å². The highest BCUT2D eigenvalue weighted by atomic mass is 16.7. The second-order valence-electron chi connectivity index (χ2n) is 11.2. The average Bonchev–Trinajstić information content (AvgIpc) is 3.28. The lowest BCUT2D eigenvalue weighted by atomic mass is 9.85. The maximum atomic E-state index is 14.1. The Hall–Kier alpha value is -3.52. The number of benzene rings is 2. The number of nitrogens with zero attached hydrogens (tertiary/aromatic N) is 3. The molecule has 2 amide bonds. The van der Waals surface area contributed by atoms with E-state index in [9.17, 15) is 9.59 Å². The summed E-state index contributed by atoms with van der Waals surface area (Å²) in [6.45, 7) is 3.37. The van der Waals surface area contributed by atoms with Crippen LogP contribution in [0.25, 0.3) is 10.9 Å². The number of hydrogen-bond acceptors (Lipinski definition) is 5. The highest BCUT2D eigenvalue weighted by molar-refractivity contribution is 5.98. The Morgan fingerprint density at radius 3 is 2.76 bits per heavy atom. The summed E-state index contributed by atoms with van der Waals surface area (Å²) < 4.78 is 11.2. The zero-order valence-corrected chi connectivity index (χ0v) is 20.7. The van der Waals surface area contributed by atoms with Gasteiger partial charge in [0, 0.05) is 48.7 Å². The van der Waals surface area contributed by atoms with E-state index in [0.29, 0.717) is 17.9 Å². The number of ether oxygens (including phenoxy) is 2. The first kappa shape index (κ1) is 21.6. The Morgan fingerprint density at radius 1 is 1.00 bits per heavy atom. The molecular weight excluding hydrogens is 468 g/mol. The van der Waals surface area contributed by atoms with Crippen LogP contribution < -0.4 is 9.47 Å². The lowest BCUT2D eigenvalue weighted by molar-refractivity contribution is -0.160. The summed E-state index contributed by atoms with van der Waals surface area (Å²) in [7, 11) is 0. The fraction of sp³-hybridized carbons (Fsp3) is 0.448. The van der Waals surface area contributed by atoms with Crippen molar-refractivity contribution in [3.63, 3.8) is 0 Å². The molecule has 1 aromatic heterocycles. The number of piperazine rings is 1. The van der Waals surface area contributed by atoms with Crippen LogP contribution in [0.4, 0.5) is 0 Å². The van der Waals surface area contributed by atoms with E-state index in [1.165, 1.54) is 12.8 Å². The van der Waals surface area contributed by atoms with Crippen LogP contribution in [0, 0.1) is 5.92 Å². The molecule has 4 aliphatic heterocycles. The average molecular weight is 499 g/mol. The SMILES string of the molecule is O=C1[C@H]2Cc3c([nH]c4ccccc34)[C@@H](c3ccc4c(c3)OCO4)N2C(=O)CN1[C@@H]1CCN(CC2CC2)C1. The molecule has 0 radical (unpaired) electrons. The van der Waals surface area contributed by atoms with Crippen LogP contribution >= 0.6 is 0 Å². The molecule has 2 aromatic carbocycles. The van der Waals surface area contributed by atoms with Crippen LogP contribution in [0.1, 0.15) is 42.1 Å². The topological polar surface area (TPSA) is 78.1 Å².